The van der Waals surface area contributed by atoms with Crippen LogP contribution in [0.3, 0.4) is 0 Å². The number of hydrogen-bond acceptors (Lipinski definition) is 3. The van der Waals surface area contributed by atoms with Gasteiger partial charge in [-0.25, -0.2) is 0 Å². The van der Waals surface area contributed by atoms with Gasteiger partial charge >= 0.3 is 0 Å². The number of amides is 1. The molecule has 1 rings (SSSR count). The van der Waals surface area contributed by atoms with E-state index >= 15 is 0 Å². The lowest BCUT2D eigenvalue weighted by atomic mass is 9.95. The Morgan fingerprint density at radius 2 is 2.05 bits per heavy atom. The molecule has 0 heterocycles. The maximum Gasteiger partial charge on any atom is 0.223 e. The van der Waals surface area contributed by atoms with Gasteiger partial charge in [-0.1, -0.05) is 20.3 Å². The molecule has 4 heteroatoms. The Morgan fingerprint density at radius 3 is 2.58 bits per heavy atom. The van der Waals surface area contributed by atoms with Gasteiger partial charge in [0.05, 0.1) is 0 Å². The van der Waals surface area contributed by atoms with Crippen LogP contribution < -0.4 is 11.1 Å². The van der Waals surface area contributed by atoms with Crippen molar-refractivity contribution in [1.82, 2.24) is 10.2 Å². The zero-order valence-electron chi connectivity index (χ0n) is 13.0. The summed E-state index contributed by atoms with van der Waals surface area (Å²) in [5, 5.41) is 3.14. The number of hydrogen-bond donors (Lipinski definition) is 2. The number of carbonyl (C=O) groups is 1. The summed E-state index contributed by atoms with van der Waals surface area (Å²) >= 11 is 0. The van der Waals surface area contributed by atoms with Crippen LogP contribution in [0.1, 0.15) is 39.5 Å². The summed E-state index contributed by atoms with van der Waals surface area (Å²) in [6.45, 7) is 5.83. The number of nitrogens with one attached hydrogen (secondary N) is 1. The topological polar surface area (TPSA) is 58.4 Å². The Hall–Kier alpha value is -0.610. The molecule has 0 aromatic heterocycles. The minimum atomic E-state index is 0.145. The second-order valence-corrected chi connectivity index (χ2v) is 6.53. The normalized spacial score (nSPS) is 25.0. The first-order valence-corrected chi connectivity index (χ1v) is 7.59. The maximum atomic E-state index is 12.2. The lowest BCUT2D eigenvalue weighted by Crippen LogP contribution is -2.44. The number of rotatable bonds is 7. The lowest BCUT2D eigenvalue weighted by molar-refractivity contribution is -0.126. The molecular weight excluding hydrogens is 238 g/mol. The summed E-state index contributed by atoms with van der Waals surface area (Å²) in [5.41, 5.74) is 5.74. The molecule has 19 heavy (non-hydrogen) atoms. The third-order valence-corrected chi connectivity index (χ3v) is 4.28. The van der Waals surface area contributed by atoms with Gasteiger partial charge in [-0.05, 0) is 51.7 Å². The van der Waals surface area contributed by atoms with Crippen LogP contribution in [0.5, 0.6) is 0 Å². The summed E-state index contributed by atoms with van der Waals surface area (Å²) in [4.78, 5) is 14.4. The highest BCUT2D eigenvalue weighted by atomic mass is 16.1. The van der Waals surface area contributed by atoms with Crippen LogP contribution in [0, 0.1) is 17.8 Å². The van der Waals surface area contributed by atoms with Gasteiger partial charge in [-0.15, -0.1) is 0 Å². The molecule has 0 aromatic rings. The van der Waals surface area contributed by atoms with E-state index in [1.165, 1.54) is 0 Å². The smallest absolute Gasteiger partial charge is 0.223 e. The van der Waals surface area contributed by atoms with E-state index in [1.54, 1.807) is 0 Å². The Morgan fingerprint density at radius 1 is 1.37 bits per heavy atom. The van der Waals surface area contributed by atoms with Gasteiger partial charge in [-0.2, -0.15) is 0 Å². The second-order valence-electron chi connectivity index (χ2n) is 6.53. The lowest BCUT2D eigenvalue weighted by Gasteiger charge is -2.27. The molecule has 0 saturated heterocycles. The molecule has 4 nitrogen and oxygen atoms in total. The highest BCUT2D eigenvalue weighted by Crippen LogP contribution is 2.30. The molecule has 0 aromatic carbocycles. The highest BCUT2D eigenvalue weighted by Gasteiger charge is 2.32. The van der Waals surface area contributed by atoms with E-state index in [0.29, 0.717) is 24.4 Å². The van der Waals surface area contributed by atoms with Gasteiger partial charge in [0.2, 0.25) is 5.91 Å². The molecule has 0 bridgehead atoms. The first-order chi connectivity index (χ1) is 8.95. The predicted octanol–water partition coefficient (Wildman–Crippen LogP) is 1.45. The van der Waals surface area contributed by atoms with Crippen molar-refractivity contribution in [2.75, 3.05) is 27.2 Å². The van der Waals surface area contributed by atoms with Gasteiger partial charge in [0.15, 0.2) is 0 Å². The quantitative estimate of drug-likeness (QED) is 0.735. The van der Waals surface area contributed by atoms with Gasteiger partial charge in [0.25, 0.3) is 0 Å². The molecule has 0 spiro atoms. The summed E-state index contributed by atoms with van der Waals surface area (Å²) in [6, 6.07) is 0.418. The molecule has 3 atom stereocenters. The monoisotopic (exact) mass is 269 g/mol. The van der Waals surface area contributed by atoms with E-state index in [4.69, 9.17) is 5.73 Å². The van der Waals surface area contributed by atoms with E-state index in [1.807, 2.05) is 0 Å². The van der Waals surface area contributed by atoms with Crippen molar-refractivity contribution in [3.8, 4) is 0 Å². The van der Waals surface area contributed by atoms with Crippen LogP contribution in [0.25, 0.3) is 0 Å². The Kier molecular flexibility index (Phi) is 6.80. The molecular formula is C15H31N3O. The first kappa shape index (κ1) is 16.4. The molecule has 3 unspecified atom stereocenters. The van der Waals surface area contributed by atoms with Crippen molar-refractivity contribution < 1.29 is 4.79 Å². The molecule has 112 valence electrons. The molecule has 0 aliphatic heterocycles. The minimum absolute atomic E-state index is 0.145. The average Bonchev–Trinajstić information content (AvgIpc) is 2.81. The molecule has 1 aliphatic rings. The minimum Gasteiger partial charge on any atom is -0.354 e. The fourth-order valence-electron chi connectivity index (χ4n) is 3.03. The van der Waals surface area contributed by atoms with E-state index in [-0.39, 0.29) is 11.8 Å². The average molecular weight is 269 g/mol. The van der Waals surface area contributed by atoms with Crippen molar-refractivity contribution >= 4 is 5.91 Å². The zero-order chi connectivity index (χ0) is 14.4. The Balaban J connectivity index is 2.43. The van der Waals surface area contributed by atoms with E-state index in [9.17, 15) is 4.79 Å². The van der Waals surface area contributed by atoms with Crippen LogP contribution in [0.15, 0.2) is 0 Å². The molecule has 1 amide bonds. The predicted molar refractivity (Wildman–Crippen MR) is 79.8 cm³/mol. The number of nitrogens with two attached hydrogens (primary N) is 1. The SMILES string of the molecule is CC(C)CC(CNC(=O)C1CCCC1CN)N(C)C. The van der Waals surface area contributed by atoms with Crippen molar-refractivity contribution in [2.24, 2.45) is 23.5 Å². The van der Waals surface area contributed by atoms with Crippen molar-refractivity contribution in [1.29, 1.82) is 0 Å². The number of nitrogens with zero attached hydrogens (tertiary/aromatic N) is 1. The molecule has 3 N–H and O–H groups in total. The summed E-state index contributed by atoms with van der Waals surface area (Å²) < 4.78 is 0. The van der Waals surface area contributed by atoms with E-state index in [0.717, 1.165) is 32.2 Å². The van der Waals surface area contributed by atoms with Crippen LogP contribution in [0.2, 0.25) is 0 Å². The van der Waals surface area contributed by atoms with Crippen LogP contribution >= 0.6 is 0 Å². The Labute approximate surface area is 118 Å². The van der Waals surface area contributed by atoms with Crippen LogP contribution in [-0.2, 0) is 4.79 Å². The third-order valence-electron chi connectivity index (χ3n) is 4.28. The number of likely N-dealkylation sites (N-methyl/N-ethyl adjacent to an activating group) is 1. The van der Waals surface area contributed by atoms with Crippen LogP contribution in [0.4, 0.5) is 0 Å². The second kappa shape index (κ2) is 7.85. The fraction of sp³-hybridized carbons (Fsp3) is 0.933. The van der Waals surface area contributed by atoms with Gasteiger partial charge in [0.1, 0.15) is 0 Å². The highest BCUT2D eigenvalue weighted by molar-refractivity contribution is 5.79. The summed E-state index contributed by atoms with van der Waals surface area (Å²) in [5.74, 6) is 1.39. The van der Waals surface area contributed by atoms with Crippen molar-refractivity contribution in [2.45, 2.75) is 45.6 Å². The van der Waals surface area contributed by atoms with Crippen molar-refractivity contribution in [3.05, 3.63) is 0 Å². The molecule has 1 aliphatic carbocycles. The van der Waals surface area contributed by atoms with Gasteiger partial charge < -0.3 is 16.0 Å². The third kappa shape index (κ3) is 5.11. The zero-order valence-corrected chi connectivity index (χ0v) is 13.0. The van der Waals surface area contributed by atoms with E-state index < -0.39 is 0 Å². The van der Waals surface area contributed by atoms with Gasteiger partial charge in [0, 0.05) is 18.5 Å². The van der Waals surface area contributed by atoms with Gasteiger partial charge in [-0.3, -0.25) is 4.79 Å². The summed E-state index contributed by atoms with van der Waals surface area (Å²) in [7, 11) is 4.16. The van der Waals surface area contributed by atoms with Crippen molar-refractivity contribution in [3.63, 3.8) is 0 Å². The fourth-order valence-corrected chi connectivity index (χ4v) is 3.03. The molecule has 0 radical (unpaired) electrons. The maximum absolute atomic E-state index is 12.2. The molecule has 1 saturated carbocycles. The van der Waals surface area contributed by atoms with E-state index in [2.05, 4.69) is 38.2 Å². The summed E-state index contributed by atoms with van der Waals surface area (Å²) in [6.07, 6.45) is 4.36. The number of carbonyl (C=O) groups excluding carboxylic acids is 1. The Bertz CT molecular complexity index is 279. The standard InChI is InChI=1S/C15H31N3O/c1-11(2)8-13(18(3)4)10-17-15(19)14-7-5-6-12(14)9-16/h11-14H,5-10,16H2,1-4H3,(H,17,19). The molecule has 1 fully saturated rings. The largest absolute Gasteiger partial charge is 0.354 e. The van der Waals surface area contributed by atoms with Crippen LogP contribution in [-0.4, -0.2) is 44.0 Å². The first-order valence-electron chi connectivity index (χ1n) is 7.59.